The Labute approximate surface area is 115 Å². The van der Waals surface area contributed by atoms with Crippen molar-refractivity contribution in [2.75, 3.05) is 0 Å². The molecule has 0 aliphatic heterocycles. The van der Waals surface area contributed by atoms with Crippen molar-refractivity contribution >= 4 is 11.5 Å². The lowest BCUT2D eigenvalue weighted by molar-refractivity contribution is -0.385. The van der Waals surface area contributed by atoms with E-state index in [2.05, 4.69) is 0 Å². The Hall–Kier alpha value is -2.56. The zero-order chi connectivity index (χ0) is 14.7. The second-order valence-electron chi connectivity index (χ2n) is 4.49. The van der Waals surface area contributed by atoms with Crippen LogP contribution in [0.25, 0.3) is 0 Å². The molecule has 0 spiro atoms. The summed E-state index contributed by atoms with van der Waals surface area (Å²) >= 11 is 0. The molecule has 20 heavy (non-hydrogen) atoms. The topological polar surface area (TPSA) is 60.2 Å². The van der Waals surface area contributed by atoms with Crippen molar-refractivity contribution in [2.24, 2.45) is 0 Å². The molecule has 2 aromatic rings. The van der Waals surface area contributed by atoms with Gasteiger partial charge < -0.3 is 0 Å². The zero-order valence-electron chi connectivity index (χ0n) is 10.8. The molecule has 2 rings (SSSR count). The van der Waals surface area contributed by atoms with Gasteiger partial charge in [-0.05, 0) is 24.6 Å². The number of carbonyl (C=O) groups is 1. The average molecular weight is 273 g/mol. The molecular weight excluding hydrogens is 261 g/mol. The molecule has 0 heterocycles. The summed E-state index contributed by atoms with van der Waals surface area (Å²) in [5.74, 6) is -0.691. The van der Waals surface area contributed by atoms with E-state index in [-0.39, 0.29) is 23.5 Å². The summed E-state index contributed by atoms with van der Waals surface area (Å²) < 4.78 is 13.0. The van der Waals surface area contributed by atoms with Crippen molar-refractivity contribution in [2.45, 2.75) is 13.3 Å². The van der Waals surface area contributed by atoms with E-state index in [0.29, 0.717) is 11.1 Å². The van der Waals surface area contributed by atoms with Gasteiger partial charge in [0.1, 0.15) is 5.82 Å². The lowest BCUT2D eigenvalue weighted by atomic mass is 10.0. The zero-order valence-corrected chi connectivity index (χ0v) is 10.8. The third-order valence-corrected chi connectivity index (χ3v) is 2.98. The van der Waals surface area contributed by atoms with Gasteiger partial charge >= 0.3 is 0 Å². The van der Waals surface area contributed by atoms with Gasteiger partial charge in [0, 0.05) is 23.6 Å². The molecule has 0 aliphatic rings. The Bertz CT molecular complexity index is 683. The first kappa shape index (κ1) is 13.9. The third-order valence-electron chi connectivity index (χ3n) is 2.98. The SMILES string of the molecule is Cc1ccc(C(=O)Cc2cccc(F)c2)cc1[N+](=O)[O-]. The van der Waals surface area contributed by atoms with Gasteiger partial charge in [-0.15, -0.1) is 0 Å². The van der Waals surface area contributed by atoms with Crippen LogP contribution in [-0.2, 0) is 6.42 Å². The van der Waals surface area contributed by atoms with Crippen LogP contribution in [0, 0.1) is 22.9 Å². The number of hydrogen-bond acceptors (Lipinski definition) is 3. The molecule has 0 N–H and O–H groups in total. The number of rotatable bonds is 4. The number of Topliss-reactive ketones (excluding diaryl/α,β-unsaturated/α-hetero) is 1. The molecule has 102 valence electrons. The van der Waals surface area contributed by atoms with Gasteiger partial charge in [0.05, 0.1) is 4.92 Å². The van der Waals surface area contributed by atoms with Gasteiger partial charge in [0.15, 0.2) is 5.78 Å². The number of halogens is 1. The summed E-state index contributed by atoms with van der Waals surface area (Å²) in [7, 11) is 0. The fourth-order valence-electron chi connectivity index (χ4n) is 1.91. The lowest BCUT2D eigenvalue weighted by Gasteiger charge is -2.03. The molecule has 0 aliphatic carbocycles. The lowest BCUT2D eigenvalue weighted by Crippen LogP contribution is -2.05. The Morgan fingerprint density at radius 3 is 2.65 bits per heavy atom. The van der Waals surface area contributed by atoms with Crippen molar-refractivity contribution in [3.05, 3.63) is 75.1 Å². The predicted octanol–water partition coefficient (Wildman–Crippen LogP) is 3.47. The maximum absolute atomic E-state index is 13.0. The molecule has 0 bridgehead atoms. The monoisotopic (exact) mass is 273 g/mol. The quantitative estimate of drug-likeness (QED) is 0.487. The van der Waals surface area contributed by atoms with Crippen molar-refractivity contribution in [3.8, 4) is 0 Å². The first-order valence-corrected chi connectivity index (χ1v) is 6.00. The first-order valence-electron chi connectivity index (χ1n) is 6.00. The molecule has 5 heteroatoms. The van der Waals surface area contributed by atoms with E-state index in [4.69, 9.17) is 0 Å². The van der Waals surface area contributed by atoms with E-state index in [1.54, 1.807) is 19.1 Å². The third kappa shape index (κ3) is 3.06. The molecule has 0 saturated carbocycles. The minimum Gasteiger partial charge on any atom is -0.294 e. The number of ketones is 1. The van der Waals surface area contributed by atoms with Crippen LogP contribution in [-0.4, -0.2) is 10.7 Å². The molecule has 4 nitrogen and oxygen atoms in total. The number of nitro groups is 1. The Balaban J connectivity index is 2.26. The van der Waals surface area contributed by atoms with Gasteiger partial charge in [0.25, 0.3) is 5.69 Å². The minimum atomic E-state index is -0.520. The van der Waals surface area contributed by atoms with Crippen LogP contribution in [0.1, 0.15) is 21.5 Å². The van der Waals surface area contributed by atoms with Gasteiger partial charge in [0.2, 0.25) is 0 Å². The van der Waals surface area contributed by atoms with Crippen LogP contribution in [0.15, 0.2) is 42.5 Å². The van der Waals surface area contributed by atoms with Crippen LogP contribution in [0.4, 0.5) is 10.1 Å². The van der Waals surface area contributed by atoms with E-state index >= 15 is 0 Å². The van der Waals surface area contributed by atoms with Crippen LogP contribution < -0.4 is 0 Å². The van der Waals surface area contributed by atoms with Crippen LogP contribution in [0.3, 0.4) is 0 Å². The second kappa shape index (κ2) is 5.61. The molecule has 2 aromatic carbocycles. The van der Waals surface area contributed by atoms with Gasteiger partial charge in [-0.25, -0.2) is 4.39 Å². The van der Waals surface area contributed by atoms with E-state index in [9.17, 15) is 19.3 Å². The molecule has 0 amide bonds. The first-order chi connectivity index (χ1) is 9.47. The van der Waals surface area contributed by atoms with Gasteiger partial charge in [-0.3, -0.25) is 14.9 Å². The number of benzene rings is 2. The summed E-state index contributed by atoms with van der Waals surface area (Å²) in [5.41, 5.74) is 1.21. The molecule has 0 fully saturated rings. The Morgan fingerprint density at radius 1 is 1.25 bits per heavy atom. The van der Waals surface area contributed by atoms with Crippen LogP contribution in [0.5, 0.6) is 0 Å². The number of carbonyl (C=O) groups excluding carboxylic acids is 1. The van der Waals surface area contributed by atoms with Crippen molar-refractivity contribution in [3.63, 3.8) is 0 Å². The highest BCUT2D eigenvalue weighted by Gasteiger charge is 2.15. The minimum absolute atomic E-state index is 0.0119. The maximum Gasteiger partial charge on any atom is 0.273 e. The fourth-order valence-corrected chi connectivity index (χ4v) is 1.91. The normalized spacial score (nSPS) is 10.3. The summed E-state index contributed by atoms with van der Waals surface area (Å²) in [6, 6.07) is 10.1. The number of aryl methyl sites for hydroxylation is 1. The Kier molecular flexibility index (Phi) is 3.89. The predicted molar refractivity (Wildman–Crippen MR) is 72.3 cm³/mol. The number of nitrogens with zero attached hydrogens (tertiary/aromatic N) is 1. The molecule has 0 unspecified atom stereocenters. The molecule has 0 aromatic heterocycles. The van der Waals surface area contributed by atoms with Gasteiger partial charge in [-0.2, -0.15) is 0 Å². The van der Waals surface area contributed by atoms with Crippen LogP contribution >= 0.6 is 0 Å². The largest absolute Gasteiger partial charge is 0.294 e. The van der Waals surface area contributed by atoms with E-state index in [0.717, 1.165) is 0 Å². The van der Waals surface area contributed by atoms with E-state index < -0.39 is 10.7 Å². The molecule has 0 atom stereocenters. The summed E-state index contributed by atoms with van der Waals surface area (Å²) in [6.45, 7) is 1.61. The van der Waals surface area contributed by atoms with Crippen molar-refractivity contribution in [1.82, 2.24) is 0 Å². The van der Waals surface area contributed by atoms with Crippen molar-refractivity contribution in [1.29, 1.82) is 0 Å². The number of hydrogen-bond donors (Lipinski definition) is 0. The van der Waals surface area contributed by atoms with Gasteiger partial charge in [-0.1, -0.05) is 24.3 Å². The number of nitro benzene ring substituents is 1. The molecule has 0 saturated heterocycles. The van der Waals surface area contributed by atoms with Crippen molar-refractivity contribution < 1.29 is 14.1 Å². The van der Waals surface area contributed by atoms with Crippen LogP contribution in [0.2, 0.25) is 0 Å². The standard InChI is InChI=1S/C15H12FNO3/c1-10-5-6-12(9-14(10)17(19)20)15(18)8-11-3-2-4-13(16)7-11/h2-7,9H,8H2,1H3. The molecular formula is C15H12FNO3. The fraction of sp³-hybridized carbons (Fsp3) is 0.133. The highest BCUT2D eigenvalue weighted by Crippen LogP contribution is 2.20. The summed E-state index contributed by atoms with van der Waals surface area (Å²) in [5, 5.41) is 10.8. The highest BCUT2D eigenvalue weighted by atomic mass is 19.1. The summed E-state index contributed by atoms with van der Waals surface area (Å²) in [4.78, 5) is 22.4. The highest BCUT2D eigenvalue weighted by molar-refractivity contribution is 5.98. The Morgan fingerprint density at radius 2 is 2.00 bits per heavy atom. The second-order valence-corrected chi connectivity index (χ2v) is 4.49. The summed E-state index contributed by atoms with van der Waals surface area (Å²) in [6.07, 6.45) is 0.0119. The maximum atomic E-state index is 13.0. The van der Waals surface area contributed by atoms with E-state index in [1.807, 2.05) is 0 Å². The molecule has 0 radical (unpaired) electrons. The van der Waals surface area contributed by atoms with E-state index in [1.165, 1.54) is 30.3 Å². The smallest absolute Gasteiger partial charge is 0.273 e. The average Bonchev–Trinajstić information content (AvgIpc) is 2.38.